The number of nitriles is 2. The number of nitrogens with zero attached hydrogens (tertiary/aromatic N) is 5. The molecule has 0 fully saturated rings. The van der Waals surface area contributed by atoms with E-state index in [1.54, 1.807) is 12.4 Å². The van der Waals surface area contributed by atoms with Crippen molar-refractivity contribution in [1.82, 2.24) is 9.55 Å². The van der Waals surface area contributed by atoms with Gasteiger partial charge >= 0.3 is 0 Å². The number of hydrogen-bond acceptors (Lipinski definition) is 5. The van der Waals surface area contributed by atoms with Crippen molar-refractivity contribution in [3.8, 4) is 13.1 Å². The Morgan fingerprint density at radius 3 is 2.65 bits per heavy atom. The molecule has 0 saturated carbocycles. The Morgan fingerprint density at radius 1 is 1.41 bits per heavy atom. The monoisotopic (exact) mass is 228 g/mol. The topological polar surface area (TPSA) is 104 Å². The molecule has 2 rings (SSSR count). The van der Waals surface area contributed by atoms with Crippen LogP contribution < -0.4 is 5.84 Å². The molecule has 6 heteroatoms. The highest BCUT2D eigenvalue weighted by Crippen LogP contribution is 2.12. The first kappa shape index (κ1) is 14.1. The zero-order chi connectivity index (χ0) is 13.3. The molecule has 0 atom stereocenters. The second-order valence-electron chi connectivity index (χ2n) is 2.89. The van der Waals surface area contributed by atoms with Gasteiger partial charge in [0, 0.05) is 43.5 Å². The summed E-state index contributed by atoms with van der Waals surface area (Å²) in [7, 11) is 1.96. The standard InChI is InChI=1S/C9H10N4.2CHN/c1-13-3-2-8-4-7(6-12-10)5-11-9(8)13;2*1-2/h2-6H,10H2,1H3;2*1H. The molecule has 2 N–H and O–H groups in total. The summed E-state index contributed by atoms with van der Waals surface area (Å²) in [6.07, 6.45) is 5.30. The van der Waals surface area contributed by atoms with Crippen LogP contribution in [-0.2, 0) is 7.05 Å². The zero-order valence-corrected chi connectivity index (χ0v) is 9.35. The maximum atomic E-state index is 6.50. The van der Waals surface area contributed by atoms with Crippen molar-refractivity contribution in [3.05, 3.63) is 30.1 Å². The number of aryl methyl sites for hydroxylation is 1. The van der Waals surface area contributed by atoms with Gasteiger partial charge < -0.3 is 10.4 Å². The second kappa shape index (κ2) is 7.43. The third kappa shape index (κ3) is 3.33. The fourth-order valence-electron chi connectivity index (χ4n) is 1.33. The van der Waals surface area contributed by atoms with Crippen molar-refractivity contribution in [2.24, 2.45) is 18.0 Å². The van der Waals surface area contributed by atoms with Gasteiger partial charge in [-0.05, 0) is 12.1 Å². The largest absolute Gasteiger partial charge is 0.336 e. The van der Waals surface area contributed by atoms with Crippen LogP contribution in [0.1, 0.15) is 5.56 Å². The Kier molecular flexibility index (Phi) is 6.18. The molecule has 6 nitrogen and oxygen atoms in total. The number of fused-ring (bicyclic) bond motifs is 1. The van der Waals surface area contributed by atoms with Crippen LogP contribution >= 0.6 is 0 Å². The number of pyridine rings is 1. The molecular weight excluding hydrogens is 216 g/mol. The smallest absolute Gasteiger partial charge is 0.139 e. The number of hydrogen-bond donors (Lipinski definition) is 1. The van der Waals surface area contributed by atoms with Crippen molar-refractivity contribution in [2.75, 3.05) is 0 Å². The first-order valence-corrected chi connectivity index (χ1v) is 4.47. The fourth-order valence-corrected chi connectivity index (χ4v) is 1.33. The third-order valence-electron chi connectivity index (χ3n) is 1.95. The Balaban J connectivity index is 0.000000581. The first-order valence-electron chi connectivity index (χ1n) is 4.47. The van der Waals surface area contributed by atoms with Crippen molar-refractivity contribution < 1.29 is 0 Å². The first-order chi connectivity index (χ1) is 8.31. The van der Waals surface area contributed by atoms with Gasteiger partial charge in [-0.2, -0.15) is 5.10 Å². The van der Waals surface area contributed by atoms with E-state index in [-0.39, 0.29) is 0 Å². The molecule has 0 amide bonds. The molecule has 0 saturated heterocycles. The van der Waals surface area contributed by atoms with Crippen LogP contribution in [0.15, 0.2) is 29.6 Å². The van der Waals surface area contributed by atoms with Crippen LogP contribution in [0.5, 0.6) is 0 Å². The van der Waals surface area contributed by atoms with Gasteiger partial charge in [0.25, 0.3) is 0 Å². The summed E-state index contributed by atoms with van der Waals surface area (Å²) in [4.78, 5) is 4.28. The molecule has 0 bridgehead atoms. The van der Waals surface area contributed by atoms with Gasteiger partial charge in [0.1, 0.15) is 5.65 Å². The molecule has 17 heavy (non-hydrogen) atoms. The summed E-state index contributed by atoms with van der Waals surface area (Å²) in [5.74, 6) is 5.05. The highest BCUT2D eigenvalue weighted by Gasteiger charge is 1.98. The molecule has 0 aliphatic heterocycles. The lowest BCUT2D eigenvalue weighted by atomic mass is 10.2. The van der Waals surface area contributed by atoms with E-state index in [4.69, 9.17) is 16.4 Å². The summed E-state index contributed by atoms with van der Waals surface area (Å²) >= 11 is 0. The van der Waals surface area contributed by atoms with Crippen molar-refractivity contribution in [1.29, 1.82) is 10.5 Å². The summed E-state index contributed by atoms with van der Waals surface area (Å²) in [6, 6.07) is 4.01. The van der Waals surface area contributed by atoms with E-state index in [0.29, 0.717) is 0 Å². The average Bonchev–Trinajstić information content (AvgIpc) is 2.76. The SMILES string of the molecule is C#N.C#N.Cn1ccc2cc(C=NN)cnc21. The number of nitrogens with two attached hydrogens (primary N) is 1. The normalized spacial score (nSPS) is 9.00. The maximum absolute atomic E-state index is 6.50. The van der Waals surface area contributed by atoms with Crippen LogP contribution in [0.4, 0.5) is 0 Å². The van der Waals surface area contributed by atoms with E-state index in [9.17, 15) is 0 Å². The van der Waals surface area contributed by atoms with E-state index in [0.717, 1.165) is 16.6 Å². The number of aromatic nitrogens is 2. The van der Waals surface area contributed by atoms with Gasteiger partial charge in [-0.25, -0.2) is 15.5 Å². The number of rotatable bonds is 1. The molecule has 0 radical (unpaired) electrons. The van der Waals surface area contributed by atoms with Crippen molar-refractivity contribution in [2.45, 2.75) is 0 Å². The lowest BCUT2D eigenvalue weighted by molar-refractivity contribution is 0.948. The molecule has 2 heterocycles. The minimum absolute atomic E-state index is 0.918. The summed E-state index contributed by atoms with van der Waals surface area (Å²) in [6.45, 7) is 7.00. The highest BCUT2D eigenvalue weighted by molar-refractivity contribution is 5.86. The lowest BCUT2D eigenvalue weighted by Crippen LogP contribution is -1.91. The molecule has 86 valence electrons. The fraction of sp³-hybridized carbons (Fsp3) is 0.0909. The van der Waals surface area contributed by atoms with Gasteiger partial charge in [0.05, 0.1) is 6.21 Å². The quantitative estimate of drug-likeness (QED) is 0.449. The van der Waals surface area contributed by atoms with E-state index < -0.39 is 0 Å². The van der Waals surface area contributed by atoms with Crippen LogP contribution in [0, 0.1) is 23.7 Å². The molecule has 2 aromatic heterocycles. The molecule has 0 aliphatic carbocycles. The van der Waals surface area contributed by atoms with Crippen molar-refractivity contribution >= 4 is 17.2 Å². The lowest BCUT2D eigenvalue weighted by Gasteiger charge is -1.95. The molecule has 2 aromatic rings. The summed E-state index contributed by atoms with van der Waals surface area (Å²) in [5.41, 5.74) is 1.88. The molecule has 0 spiro atoms. The predicted octanol–water partition coefficient (Wildman–Crippen LogP) is 1.15. The van der Waals surface area contributed by atoms with Gasteiger partial charge in [-0.3, -0.25) is 0 Å². The average molecular weight is 228 g/mol. The number of hydrazone groups is 1. The van der Waals surface area contributed by atoms with Gasteiger partial charge in [0.2, 0.25) is 0 Å². The van der Waals surface area contributed by atoms with E-state index in [2.05, 4.69) is 23.2 Å². The van der Waals surface area contributed by atoms with E-state index in [1.807, 2.05) is 29.9 Å². The molecule has 0 unspecified atom stereocenters. The zero-order valence-electron chi connectivity index (χ0n) is 9.35. The van der Waals surface area contributed by atoms with Gasteiger partial charge in [-0.15, -0.1) is 0 Å². The van der Waals surface area contributed by atoms with Gasteiger partial charge in [-0.1, -0.05) is 0 Å². The third-order valence-corrected chi connectivity index (χ3v) is 1.95. The Bertz CT molecular complexity index is 528. The van der Waals surface area contributed by atoms with Crippen molar-refractivity contribution in [3.63, 3.8) is 0 Å². The molecular formula is C11H12N6. The predicted molar refractivity (Wildman–Crippen MR) is 65.8 cm³/mol. The highest BCUT2D eigenvalue weighted by atomic mass is 15.1. The van der Waals surface area contributed by atoms with Crippen LogP contribution in [-0.4, -0.2) is 15.8 Å². The Hall–Kier alpha value is -2.86. The van der Waals surface area contributed by atoms with Crippen LogP contribution in [0.2, 0.25) is 0 Å². The van der Waals surface area contributed by atoms with Crippen LogP contribution in [0.3, 0.4) is 0 Å². The summed E-state index contributed by atoms with van der Waals surface area (Å²) < 4.78 is 1.97. The van der Waals surface area contributed by atoms with E-state index >= 15 is 0 Å². The Morgan fingerprint density at radius 2 is 2.06 bits per heavy atom. The van der Waals surface area contributed by atoms with Crippen LogP contribution in [0.25, 0.3) is 11.0 Å². The Labute approximate surface area is 99.2 Å². The second-order valence-corrected chi connectivity index (χ2v) is 2.89. The summed E-state index contributed by atoms with van der Waals surface area (Å²) in [5, 5.41) is 17.5. The van der Waals surface area contributed by atoms with Gasteiger partial charge in [0.15, 0.2) is 0 Å². The molecule has 0 aromatic carbocycles. The minimum atomic E-state index is 0.918. The van der Waals surface area contributed by atoms with E-state index in [1.165, 1.54) is 0 Å². The molecule has 0 aliphatic rings. The minimum Gasteiger partial charge on any atom is -0.336 e. The maximum Gasteiger partial charge on any atom is 0.139 e.